The van der Waals surface area contributed by atoms with Crippen molar-refractivity contribution in [3.8, 4) is 0 Å². The lowest BCUT2D eigenvalue weighted by molar-refractivity contribution is -0.143. The lowest BCUT2D eigenvalue weighted by Crippen LogP contribution is -2.60. The number of hydrogen-bond acceptors (Lipinski definition) is 12. The highest BCUT2D eigenvalue weighted by atomic mass is 28.3. The summed E-state index contributed by atoms with van der Waals surface area (Å²) in [6.45, 7) is 7.95. The van der Waals surface area contributed by atoms with E-state index in [1.54, 1.807) is 10.9 Å². The highest BCUT2D eigenvalue weighted by Gasteiger charge is 2.44. The Hall–Kier alpha value is -9.58. The van der Waals surface area contributed by atoms with Crippen molar-refractivity contribution < 1.29 is 68.4 Å². The van der Waals surface area contributed by atoms with Crippen molar-refractivity contribution in [2.24, 2.45) is 11.7 Å². The quantitative estimate of drug-likeness (QED) is 0.0307. The molecule has 0 fully saturated rings. The summed E-state index contributed by atoms with van der Waals surface area (Å²) in [4.78, 5) is 126. The average Bonchev–Trinajstić information content (AvgIpc) is 1.92. The number of aliphatic carboxylic acids is 4. The van der Waals surface area contributed by atoms with Crippen LogP contribution in [0.15, 0.2) is 121 Å². The zero-order valence-corrected chi connectivity index (χ0v) is 46.5. The third-order valence-electron chi connectivity index (χ3n) is 13.6. The zero-order valence-electron chi connectivity index (χ0n) is 45.5. The molecule has 23 nitrogen and oxygen atoms in total. The maximum atomic E-state index is 13.8. The lowest BCUT2D eigenvalue weighted by atomic mass is 9.89. The Kier molecular flexibility index (Phi) is 21.1. The van der Waals surface area contributed by atoms with Crippen molar-refractivity contribution in [2.75, 3.05) is 0 Å². The number of nitrogens with one attached hydrogen (secondary N) is 5. The van der Waals surface area contributed by atoms with Gasteiger partial charge in [-0.05, 0) is 61.7 Å². The SMILES string of the molecule is CC(C)[C@@H](NC(=O)[C@@H](CCC(=O)O)NC(=O)[C@@H](CC(=O)O)NC(=O)CCC(=O)O)C(=O)N[C@H](CC(=O)O)C(=O)N[C@@H](Cc1cn(Cc2ccc(C3=C(c4ccccc4)C(c4ccccc4)=C(c4ccccc4)[Si]3(C)C)cc2)nn1)C(N)=O. The minimum absolute atomic E-state index is 0.228. The Morgan fingerprint density at radius 1 is 0.524 bits per heavy atom. The molecule has 0 spiro atoms. The van der Waals surface area contributed by atoms with Gasteiger partial charge in [-0.15, -0.1) is 5.10 Å². The summed E-state index contributed by atoms with van der Waals surface area (Å²) in [5.74, 6) is -13.4. The molecule has 24 heteroatoms. The van der Waals surface area contributed by atoms with Crippen LogP contribution in [-0.4, -0.2) is 133 Å². The predicted molar refractivity (Wildman–Crippen MR) is 302 cm³/mol. The van der Waals surface area contributed by atoms with E-state index in [1.165, 1.54) is 40.9 Å². The number of nitrogens with two attached hydrogens (primary N) is 1. The van der Waals surface area contributed by atoms with E-state index in [-0.39, 0.29) is 18.7 Å². The maximum Gasteiger partial charge on any atom is 0.305 e. The molecule has 6 rings (SSSR count). The van der Waals surface area contributed by atoms with Crippen LogP contribution in [0.1, 0.15) is 85.9 Å². The fraction of sp³-hybridized carbons (Fsp3) is 0.310. The van der Waals surface area contributed by atoms with E-state index in [4.69, 9.17) is 10.8 Å². The number of allylic oxidation sites excluding steroid dienone is 2. The van der Waals surface area contributed by atoms with Gasteiger partial charge < -0.3 is 52.7 Å². The van der Waals surface area contributed by atoms with Crippen LogP contribution >= 0.6 is 0 Å². The molecule has 5 atom stereocenters. The van der Waals surface area contributed by atoms with Crippen molar-refractivity contribution >= 4 is 88.9 Å². The summed E-state index contributed by atoms with van der Waals surface area (Å²) >= 11 is 0. The molecule has 1 aromatic heterocycles. The Bertz CT molecular complexity index is 3260. The molecule has 0 radical (unpaired) electrons. The molecule has 0 aliphatic carbocycles. The van der Waals surface area contributed by atoms with E-state index >= 15 is 0 Å². The van der Waals surface area contributed by atoms with Crippen LogP contribution < -0.4 is 32.3 Å². The average molecular weight is 1140 g/mol. The van der Waals surface area contributed by atoms with Crippen LogP contribution in [0.2, 0.25) is 13.1 Å². The molecular formula is C58H65N9O14Si. The number of carbonyl (C=O) groups excluding carboxylic acids is 6. The number of rotatable bonds is 29. The summed E-state index contributed by atoms with van der Waals surface area (Å²) in [6.07, 6.45) is -3.37. The van der Waals surface area contributed by atoms with E-state index < -0.39 is 142 Å². The molecule has 11 N–H and O–H groups in total. The molecule has 1 aliphatic rings. The molecule has 82 heavy (non-hydrogen) atoms. The molecule has 0 saturated carbocycles. The van der Waals surface area contributed by atoms with Crippen LogP contribution in [0.3, 0.4) is 0 Å². The molecule has 4 aromatic carbocycles. The summed E-state index contributed by atoms with van der Waals surface area (Å²) < 4.78 is 1.54. The Morgan fingerprint density at radius 3 is 1.45 bits per heavy atom. The number of benzene rings is 4. The van der Waals surface area contributed by atoms with Crippen molar-refractivity contribution in [2.45, 2.75) is 109 Å². The summed E-state index contributed by atoms with van der Waals surface area (Å²) in [6, 6.07) is 31.1. The van der Waals surface area contributed by atoms with Crippen LogP contribution in [0.5, 0.6) is 0 Å². The van der Waals surface area contributed by atoms with Gasteiger partial charge in [0.1, 0.15) is 38.3 Å². The highest BCUT2D eigenvalue weighted by molar-refractivity contribution is 7.13. The van der Waals surface area contributed by atoms with E-state index in [0.717, 1.165) is 22.3 Å². The number of carbonyl (C=O) groups is 10. The minimum Gasteiger partial charge on any atom is -0.481 e. The van der Waals surface area contributed by atoms with Gasteiger partial charge in [-0.1, -0.05) is 147 Å². The van der Waals surface area contributed by atoms with Gasteiger partial charge in [-0.3, -0.25) is 47.9 Å². The van der Waals surface area contributed by atoms with E-state index in [0.29, 0.717) is 0 Å². The van der Waals surface area contributed by atoms with Crippen molar-refractivity contribution in [1.29, 1.82) is 0 Å². The standard InChI is InChI=1S/C58H65N9O14Si/c1-33(2)51(64-55(78)40(24-26-45(69)70)61-56(79)42(29-47(73)74)60-44(68)25-27-46(71)72)58(81)63-43(30-48(75)76)57(80)62-41(54(59)77)28-39-32-67(66-65-39)31-34-20-22-38(23-21-34)53-50(36-16-10-6-11-17-36)49(35-14-8-5-9-15-35)52(82(53,3)4)37-18-12-7-13-19-37/h5-23,32-33,40-43,51H,24-31H2,1-4H3,(H2,59,77)(H,60,68)(H,61,79)(H,62,80)(H,63,81)(H,64,78)(H,69,70)(H,71,72)(H,73,74)(H,75,76)/t40-,41+,42-,43-,51-/m1/s1. The second-order valence-electron chi connectivity index (χ2n) is 20.5. The molecule has 6 amide bonds. The van der Waals surface area contributed by atoms with E-state index in [1.807, 2.05) is 42.5 Å². The first-order valence-electron chi connectivity index (χ1n) is 26.2. The zero-order chi connectivity index (χ0) is 59.8. The number of amides is 6. The van der Waals surface area contributed by atoms with Gasteiger partial charge in [0.05, 0.1) is 31.5 Å². The third kappa shape index (κ3) is 16.5. The van der Waals surface area contributed by atoms with E-state index in [2.05, 4.69) is 123 Å². The predicted octanol–water partition coefficient (Wildman–Crippen LogP) is 3.44. The molecule has 5 aromatic rings. The second kappa shape index (κ2) is 28.0. The fourth-order valence-corrected chi connectivity index (χ4v) is 13.5. The first kappa shape index (κ1) is 61.6. The summed E-state index contributed by atoms with van der Waals surface area (Å²) in [7, 11) is -2.43. The fourth-order valence-electron chi connectivity index (χ4n) is 9.69. The van der Waals surface area contributed by atoms with Gasteiger partial charge in [0.25, 0.3) is 0 Å². The second-order valence-corrected chi connectivity index (χ2v) is 24.7. The molecule has 0 bridgehead atoms. The van der Waals surface area contributed by atoms with Crippen molar-refractivity contribution in [3.63, 3.8) is 0 Å². The summed E-state index contributed by atoms with van der Waals surface area (Å²) in [5, 5.41) is 59.7. The Morgan fingerprint density at radius 2 is 0.976 bits per heavy atom. The number of hydrogen-bond donors (Lipinski definition) is 10. The maximum absolute atomic E-state index is 13.8. The van der Waals surface area contributed by atoms with Crippen molar-refractivity contribution in [3.05, 3.63) is 155 Å². The molecule has 0 unspecified atom stereocenters. The first-order chi connectivity index (χ1) is 38.9. The normalized spacial score (nSPS) is 14.6. The van der Waals surface area contributed by atoms with Gasteiger partial charge in [0.15, 0.2) is 0 Å². The number of nitrogens with zero attached hydrogens (tertiary/aromatic N) is 3. The first-order valence-corrected chi connectivity index (χ1v) is 29.2. The van der Waals surface area contributed by atoms with Gasteiger partial charge in [0, 0.05) is 25.5 Å². The number of aromatic nitrogens is 3. The van der Waals surface area contributed by atoms with E-state index in [9.17, 15) is 63.3 Å². The van der Waals surface area contributed by atoms with Crippen LogP contribution in [0, 0.1) is 5.92 Å². The molecule has 0 saturated heterocycles. The topological polar surface area (TPSA) is 368 Å². The molecule has 2 heterocycles. The lowest BCUT2D eigenvalue weighted by Gasteiger charge is -2.28. The number of carboxylic acid groups (broad SMARTS) is 4. The third-order valence-corrected chi connectivity index (χ3v) is 17.1. The largest absolute Gasteiger partial charge is 0.481 e. The van der Waals surface area contributed by atoms with Gasteiger partial charge in [0.2, 0.25) is 35.4 Å². The molecule has 430 valence electrons. The highest BCUT2D eigenvalue weighted by Crippen LogP contribution is 2.55. The Balaban J connectivity index is 1.15. The number of primary amides is 1. The smallest absolute Gasteiger partial charge is 0.305 e. The van der Waals surface area contributed by atoms with Crippen LogP contribution in [0.25, 0.3) is 21.5 Å². The van der Waals surface area contributed by atoms with Crippen molar-refractivity contribution in [1.82, 2.24) is 41.6 Å². The van der Waals surface area contributed by atoms with Gasteiger partial charge in [-0.25, -0.2) is 4.68 Å². The monoisotopic (exact) mass is 1140 g/mol. The minimum atomic E-state index is -2.43. The molecular weight excluding hydrogens is 1070 g/mol. The van der Waals surface area contributed by atoms with Gasteiger partial charge in [-0.2, -0.15) is 0 Å². The number of carboxylic acids is 4. The molecule has 1 aliphatic heterocycles. The van der Waals surface area contributed by atoms with Crippen LogP contribution in [-0.2, 0) is 60.9 Å². The van der Waals surface area contributed by atoms with Crippen LogP contribution in [0.4, 0.5) is 0 Å². The summed E-state index contributed by atoms with van der Waals surface area (Å²) in [5.41, 5.74) is 13.7. The van der Waals surface area contributed by atoms with Gasteiger partial charge >= 0.3 is 23.9 Å². The Labute approximate surface area is 472 Å².